The molecular weight excluding hydrogens is 829 g/mol. The lowest BCUT2D eigenvalue weighted by atomic mass is 9.81. The van der Waals surface area contributed by atoms with E-state index >= 15 is 0 Å². The van der Waals surface area contributed by atoms with Gasteiger partial charge in [0.1, 0.15) is 11.2 Å². The average Bonchev–Trinajstić information content (AvgIpc) is 3.94. The van der Waals surface area contributed by atoms with Crippen LogP contribution < -0.4 is 15.0 Å². The summed E-state index contributed by atoms with van der Waals surface area (Å²) < 4.78 is 14.3. The summed E-state index contributed by atoms with van der Waals surface area (Å²) in [5.41, 5.74) is 15.4. The van der Waals surface area contributed by atoms with E-state index in [-0.39, 0.29) is 16.9 Å². The summed E-state index contributed by atoms with van der Waals surface area (Å²) in [6, 6.07) is 58.6. The molecule has 0 spiro atoms. The van der Waals surface area contributed by atoms with Crippen LogP contribution >= 0.6 is 0 Å². The second kappa shape index (κ2) is 15.6. The lowest BCUT2D eigenvalue weighted by Gasteiger charge is -2.36. The number of anilines is 5. The monoisotopic (exact) mass is 886 g/mol. The van der Waals surface area contributed by atoms with Gasteiger partial charge in [-0.05, 0) is 124 Å². The van der Waals surface area contributed by atoms with Crippen LogP contribution in [0.2, 0.25) is 0 Å². The number of hydrogen-bond acceptors (Lipinski definition) is 4. The van der Waals surface area contributed by atoms with Crippen LogP contribution in [0.15, 0.2) is 167 Å². The number of hydrogen-bond donors (Lipinski definition) is 0. The number of para-hydroxylation sites is 4. The highest BCUT2D eigenvalue weighted by Gasteiger charge is 2.32. The Morgan fingerprint density at radius 1 is 0.485 bits per heavy atom. The molecule has 2 aromatic heterocycles. The van der Waals surface area contributed by atoms with E-state index in [2.05, 4.69) is 229 Å². The van der Waals surface area contributed by atoms with Gasteiger partial charge in [0.2, 0.25) is 0 Å². The minimum Gasteiger partial charge on any atom is -0.454 e. The molecule has 0 aliphatic heterocycles. The van der Waals surface area contributed by atoms with E-state index in [1.54, 1.807) is 0 Å². The molecule has 12 rings (SSSR count). The fourth-order valence-electron chi connectivity index (χ4n) is 11.3. The molecule has 0 bridgehead atoms. The summed E-state index contributed by atoms with van der Waals surface area (Å²) in [4.78, 5) is 5.00. The largest absolute Gasteiger partial charge is 0.454 e. The molecule has 68 heavy (non-hydrogen) atoms. The normalized spacial score (nSPS) is 14.2. The number of nitrogens with zero attached hydrogens (tertiary/aromatic N) is 2. The summed E-state index contributed by atoms with van der Waals surface area (Å²) >= 11 is 0. The van der Waals surface area contributed by atoms with Crippen molar-refractivity contribution in [3.05, 3.63) is 191 Å². The van der Waals surface area contributed by atoms with Gasteiger partial charge in [-0.2, -0.15) is 0 Å². The van der Waals surface area contributed by atoms with Gasteiger partial charge in [-0.25, -0.2) is 0 Å². The standard InChI is InChI=1S/C64H58N2O2/c1-9-63(5,6)51-25-13-21-45-47-23-15-27-55(61(47)67-59(45)51)65(43-19-11-17-39(3)37-43)53-35-31-41-30-34-50-54(36-32-42-29-33-49(53)57(41)58(42)50)66(44-20-12-18-40(4)38-44)56-28-16-24-48-46-22-14-26-52(64(7,8)10-2)60(46)68-62(48)56/h11-35,37-38,54H,9-10,36H2,1-8H3. The zero-order chi connectivity index (χ0) is 46.6. The second-order valence-corrected chi connectivity index (χ2v) is 20.6. The highest BCUT2D eigenvalue weighted by molar-refractivity contribution is 6.19. The molecule has 1 unspecified atom stereocenters. The number of aryl methyl sites for hydroxylation is 2. The van der Waals surface area contributed by atoms with Gasteiger partial charge < -0.3 is 18.6 Å². The van der Waals surface area contributed by atoms with E-state index in [1.807, 2.05) is 0 Å². The molecule has 4 nitrogen and oxygen atoms in total. The molecule has 0 N–H and O–H groups in total. The molecule has 4 heteroatoms. The van der Waals surface area contributed by atoms with Crippen molar-refractivity contribution in [2.45, 2.75) is 91.5 Å². The summed E-state index contributed by atoms with van der Waals surface area (Å²) in [5, 5.41) is 10.9. The van der Waals surface area contributed by atoms with Crippen LogP contribution in [0, 0.1) is 13.8 Å². The zero-order valence-corrected chi connectivity index (χ0v) is 40.5. The summed E-state index contributed by atoms with van der Waals surface area (Å²) in [7, 11) is 0. The minimum absolute atomic E-state index is 0.00735. The predicted octanol–water partition coefficient (Wildman–Crippen LogP) is 18.0. The van der Waals surface area contributed by atoms with Gasteiger partial charge in [0.15, 0.2) is 11.2 Å². The van der Waals surface area contributed by atoms with Gasteiger partial charge in [0.25, 0.3) is 0 Å². The summed E-state index contributed by atoms with van der Waals surface area (Å²) in [6.07, 6.45) is 5.33. The Kier molecular flexibility index (Phi) is 9.68. The van der Waals surface area contributed by atoms with Crippen molar-refractivity contribution in [3.8, 4) is 0 Å². The minimum atomic E-state index is -0.0396. The van der Waals surface area contributed by atoms with Crippen LogP contribution in [0.3, 0.4) is 0 Å². The first-order valence-corrected chi connectivity index (χ1v) is 24.6. The molecule has 11 aromatic rings. The van der Waals surface area contributed by atoms with Crippen LogP contribution in [-0.2, 0) is 10.8 Å². The van der Waals surface area contributed by atoms with E-state index < -0.39 is 0 Å². The maximum absolute atomic E-state index is 7.17. The molecule has 1 atom stereocenters. The fraction of sp³-hybridized carbons (Fsp3) is 0.219. The highest BCUT2D eigenvalue weighted by Crippen LogP contribution is 2.50. The van der Waals surface area contributed by atoms with Crippen molar-refractivity contribution >= 4 is 99.9 Å². The van der Waals surface area contributed by atoms with E-state index in [9.17, 15) is 0 Å². The molecule has 0 amide bonds. The molecule has 2 heterocycles. The van der Waals surface area contributed by atoms with Crippen molar-refractivity contribution < 1.29 is 8.83 Å². The average molecular weight is 887 g/mol. The van der Waals surface area contributed by atoms with Crippen LogP contribution in [-0.4, -0.2) is 0 Å². The third-order valence-electron chi connectivity index (χ3n) is 15.7. The van der Waals surface area contributed by atoms with Gasteiger partial charge in [-0.15, -0.1) is 0 Å². The maximum atomic E-state index is 7.17. The Labute approximate surface area is 399 Å². The third kappa shape index (κ3) is 6.40. The third-order valence-corrected chi connectivity index (χ3v) is 15.7. The Balaban J connectivity index is 1.09. The fourth-order valence-corrected chi connectivity index (χ4v) is 11.3. The van der Waals surface area contributed by atoms with Gasteiger partial charge in [-0.1, -0.05) is 163 Å². The van der Waals surface area contributed by atoms with Gasteiger partial charge in [0.05, 0.1) is 23.1 Å². The summed E-state index contributed by atoms with van der Waals surface area (Å²) in [6.45, 7) is 18.2. The molecule has 9 aromatic carbocycles. The second-order valence-electron chi connectivity index (χ2n) is 20.6. The Hall–Kier alpha value is -7.30. The molecule has 0 saturated heterocycles. The SMILES string of the molecule is CCC(C)(C)c1cccc2c1oc1c(N(c3cccc(C)c3)c3ccc4ccc5c6c(ccc3c46)=CCC5N(c3cccc(C)c3)c3cccc4c3oc3c(C(C)(C)CC)cccc34)cccc12. The van der Waals surface area contributed by atoms with Crippen molar-refractivity contribution in [1.29, 1.82) is 0 Å². The van der Waals surface area contributed by atoms with Crippen molar-refractivity contribution in [2.24, 2.45) is 0 Å². The van der Waals surface area contributed by atoms with Crippen molar-refractivity contribution in [1.82, 2.24) is 0 Å². The summed E-state index contributed by atoms with van der Waals surface area (Å²) in [5.74, 6) is 0. The quantitative estimate of drug-likeness (QED) is 0.137. The Morgan fingerprint density at radius 3 is 1.63 bits per heavy atom. The highest BCUT2D eigenvalue weighted by atomic mass is 16.3. The van der Waals surface area contributed by atoms with E-state index in [0.717, 1.165) is 86.2 Å². The zero-order valence-electron chi connectivity index (χ0n) is 40.5. The van der Waals surface area contributed by atoms with E-state index in [4.69, 9.17) is 8.83 Å². The molecule has 1 aliphatic carbocycles. The van der Waals surface area contributed by atoms with E-state index in [1.165, 1.54) is 60.0 Å². The van der Waals surface area contributed by atoms with Crippen LogP contribution in [0.25, 0.3) is 71.5 Å². The van der Waals surface area contributed by atoms with Crippen molar-refractivity contribution in [3.63, 3.8) is 0 Å². The van der Waals surface area contributed by atoms with Crippen molar-refractivity contribution in [2.75, 3.05) is 9.80 Å². The predicted molar refractivity (Wildman–Crippen MR) is 289 cm³/mol. The topological polar surface area (TPSA) is 32.8 Å². The lowest BCUT2D eigenvalue weighted by molar-refractivity contribution is 0.500. The molecule has 336 valence electrons. The van der Waals surface area contributed by atoms with Gasteiger partial charge in [0, 0.05) is 49.4 Å². The lowest BCUT2D eigenvalue weighted by Crippen LogP contribution is -2.28. The molecule has 0 radical (unpaired) electrons. The first-order valence-electron chi connectivity index (χ1n) is 24.6. The number of furan rings is 2. The molecule has 0 fully saturated rings. The van der Waals surface area contributed by atoms with Crippen LogP contribution in [0.1, 0.15) is 94.7 Å². The molecule has 0 saturated carbocycles. The number of fused-ring (bicyclic) bond motifs is 6. The van der Waals surface area contributed by atoms with Gasteiger partial charge >= 0.3 is 0 Å². The molecule has 1 aliphatic rings. The number of rotatable bonds is 10. The first kappa shape index (κ1) is 42.1. The Bertz CT molecular complexity index is 3860. The maximum Gasteiger partial charge on any atom is 0.159 e. The first-order chi connectivity index (χ1) is 33.0. The van der Waals surface area contributed by atoms with E-state index in [0.29, 0.717) is 0 Å². The molecular formula is C64H58N2O2. The van der Waals surface area contributed by atoms with Gasteiger partial charge in [-0.3, -0.25) is 0 Å². The Morgan fingerprint density at radius 2 is 1.01 bits per heavy atom. The van der Waals surface area contributed by atoms with Crippen LogP contribution in [0.5, 0.6) is 0 Å². The smallest absolute Gasteiger partial charge is 0.159 e. The van der Waals surface area contributed by atoms with Crippen LogP contribution in [0.4, 0.5) is 28.4 Å². The number of benzene rings is 9.